The lowest BCUT2D eigenvalue weighted by Crippen LogP contribution is -2.09. The van der Waals surface area contributed by atoms with E-state index in [1.165, 1.54) is 14.2 Å². The van der Waals surface area contributed by atoms with Crippen molar-refractivity contribution in [2.45, 2.75) is 25.9 Å². The van der Waals surface area contributed by atoms with Gasteiger partial charge in [-0.25, -0.2) is 9.59 Å². The van der Waals surface area contributed by atoms with Crippen LogP contribution in [0.2, 0.25) is 0 Å². The van der Waals surface area contributed by atoms with Gasteiger partial charge in [-0.05, 0) is 41.8 Å². The third kappa shape index (κ3) is 4.92. The number of benzene rings is 2. The zero-order valence-electron chi connectivity index (χ0n) is 15.4. The Morgan fingerprint density at radius 1 is 0.808 bits per heavy atom. The second-order valence-electron chi connectivity index (χ2n) is 5.83. The minimum atomic E-state index is -0.373. The summed E-state index contributed by atoms with van der Waals surface area (Å²) in [7, 11) is 2.71. The number of ether oxygens (including phenoxy) is 3. The highest BCUT2D eigenvalue weighted by Crippen LogP contribution is 2.27. The quantitative estimate of drug-likeness (QED) is 0.525. The van der Waals surface area contributed by atoms with Gasteiger partial charge in [0.2, 0.25) is 0 Å². The summed E-state index contributed by atoms with van der Waals surface area (Å²) in [5, 5.41) is 0. The Balaban J connectivity index is 2.27. The fourth-order valence-corrected chi connectivity index (χ4v) is 2.55. The average Bonchev–Trinajstić information content (AvgIpc) is 2.70. The van der Waals surface area contributed by atoms with Gasteiger partial charge < -0.3 is 14.2 Å². The number of methoxy groups -OCH3 is 2. The Morgan fingerprint density at radius 3 is 1.58 bits per heavy atom. The molecule has 0 bridgehead atoms. The number of hydrogen-bond acceptors (Lipinski definition) is 5. The standard InChI is InChI=1S/C21H24O5/c1-4-5-14-26-19(15-6-10-17(11-7-15)20(22)24-2)16-8-12-18(13-9-16)21(23)25-3/h6-13,19H,4-5,14H2,1-3H3. The molecule has 0 saturated heterocycles. The van der Waals surface area contributed by atoms with Gasteiger partial charge in [-0.15, -0.1) is 0 Å². The molecule has 0 atom stereocenters. The fraction of sp³-hybridized carbons (Fsp3) is 0.333. The fourth-order valence-electron chi connectivity index (χ4n) is 2.55. The molecule has 0 aliphatic carbocycles. The second-order valence-corrected chi connectivity index (χ2v) is 5.83. The van der Waals surface area contributed by atoms with Crippen LogP contribution in [0.3, 0.4) is 0 Å². The molecule has 0 amide bonds. The maximum Gasteiger partial charge on any atom is 0.337 e. The molecule has 138 valence electrons. The number of esters is 2. The molecule has 0 aliphatic rings. The first-order chi connectivity index (χ1) is 12.6. The Hall–Kier alpha value is -2.66. The molecular formula is C21H24O5. The van der Waals surface area contributed by atoms with Crippen molar-refractivity contribution in [3.63, 3.8) is 0 Å². The summed E-state index contributed by atoms with van der Waals surface area (Å²) >= 11 is 0. The first-order valence-corrected chi connectivity index (χ1v) is 8.58. The summed E-state index contributed by atoms with van der Waals surface area (Å²) in [6, 6.07) is 14.3. The van der Waals surface area contributed by atoms with Crippen molar-refractivity contribution < 1.29 is 23.8 Å². The number of rotatable bonds is 8. The van der Waals surface area contributed by atoms with E-state index in [-0.39, 0.29) is 18.0 Å². The third-order valence-corrected chi connectivity index (χ3v) is 4.05. The van der Waals surface area contributed by atoms with E-state index in [1.807, 2.05) is 24.3 Å². The Kier molecular flexibility index (Phi) is 7.36. The van der Waals surface area contributed by atoms with E-state index in [0.717, 1.165) is 24.0 Å². The molecule has 0 fully saturated rings. The number of carbonyl (C=O) groups excluding carboxylic acids is 2. The maximum absolute atomic E-state index is 11.6. The van der Waals surface area contributed by atoms with Crippen molar-refractivity contribution in [2.24, 2.45) is 0 Å². The van der Waals surface area contributed by atoms with Gasteiger partial charge in [-0.1, -0.05) is 37.6 Å². The molecule has 0 spiro atoms. The van der Waals surface area contributed by atoms with E-state index in [2.05, 4.69) is 6.92 Å². The number of carbonyl (C=O) groups is 2. The summed E-state index contributed by atoms with van der Waals surface area (Å²) in [6.45, 7) is 2.73. The van der Waals surface area contributed by atoms with Crippen LogP contribution in [0.4, 0.5) is 0 Å². The molecule has 2 rings (SSSR count). The van der Waals surface area contributed by atoms with E-state index in [0.29, 0.717) is 17.7 Å². The molecule has 0 unspecified atom stereocenters. The van der Waals surface area contributed by atoms with Gasteiger partial charge in [-0.3, -0.25) is 0 Å². The Labute approximate surface area is 153 Å². The predicted octanol–water partition coefficient (Wildman–Crippen LogP) is 4.17. The highest BCUT2D eigenvalue weighted by Gasteiger charge is 2.17. The summed E-state index contributed by atoms with van der Waals surface area (Å²) in [5.74, 6) is -0.745. The molecule has 2 aromatic rings. The Bertz CT molecular complexity index is 660. The van der Waals surface area contributed by atoms with E-state index in [1.54, 1.807) is 24.3 Å². The summed E-state index contributed by atoms with van der Waals surface area (Å²) in [6.07, 6.45) is 1.71. The lowest BCUT2D eigenvalue weighted by atomic mass is 9.99. The van der Waals surface area contributed by atoms with E-state index >= 15 is 0 Å². The van der Waals surface area contributed by atoms with Crippen LogP contribution in [0.5, 0.6) is 0 Å². The third-order valence-electron chi connectivity index (χ3n) is 4.05. The molecule has 0 saturated carbocycles. The molecule has 0 N–H and O–H groups in total. The van der Waals surface area contributed by atoms with Gasteiger partial charge in [0.25, 0.3) is 0 Å². The summed E-state index contributed by atoms with van der Waals surface area (Å²) in [5.41, 5.74) is 2.84. The van der Waals surface area contributed by atoms with Gasteiger partial charge in [-0.2, -0.15) is 0 Å². The zero-order valence-corrected chi connectivity index (χ0v) is 15.4. The normalized spacial score (nSPS) is 10.6. The monoisotopic (exact) mass is 356 g/mol. The van der Waals surface area contributed by atoms with Crippen molar-refractivity contribution in [1.29, 1.82) is 0 Å². The number of unbranched alkanes of at least 4 members (excludes halogenated alkanes) is 1. The SMILES string of the molecule is CCCCOC(c1ccc(C(=O)OC)cc1)c1ccc(C(=O)OC)cc1. The van der Waals surface area contributed by atoms with Crippen LogP contribution < -0.4 is 0 Å². The number of hydrogen-bond donors (Lipinski definition) is 0. The first kappa shape index (κ1) is 19.7. The van der Waals surface area contributed by atoms with Crippen LogP contribution in [-0.2, 0) is 14.2 Å². The van der Waals surface area contributed by atoms with Crippen LogP contribution in [0.25, 0.3) is 0 Å². The molecule has 5 heteroatoms. The van der Waals surface area contributed by atoms with Crippen LogP contribution in [-0.4, -0.2) is 32.8 Å². The van der Waals surface area contributed by atoms with Crippen molar-refractivity contribution >= 4 is 11.9 Å². The molecule has 0 aromatic heterocycles. The van der Waals surface area contributed by atoms with Gasteiger partial charge in [0, 0.05) is 6.61 Å². The van der Waals surface area contributed by atoms with Crippen molar-refractivity contribution in [3.8, 4) is 0 Å². The largest absolute Gasteiger partial charge is 0.465 e. The first-order valence-electron chi connectivity index (χ1n) is 8.58. The second kappa shape index (κ2) is 9.73. The van der Waals surface area contributed by atoms with Crippen LogP contribution in [0.1, 0.15) is 57.7 Å². The molecule has 0 radical (unpaired) electrons. The van der Waals surface area contributed by atoms with Gasteiger partial charge >= 0.3 is 11.9 Å². The van der Waals surface area contributed by atoms with Crippen LogP contribution in [0, 0.1) is 0 Å². The van der Waals surface area contributed by atoms with E-state index < -0.39 is 0 Å². The molecular weight excluding hydrogens is 332 g/mol. The van der Waals surface area contributed by atoms with Gasteiger partial charge in [0.05, 0.1) is 25.3 Å². The molecule has 26 heavy (non-hydrogen) atoms. The van der Waals surface area contributed by atoms with Crippen molar-refractivity contribution in [2.75, 3.05) is 20.8 Å². The van der Waals surface area contributed by atoms with E-state index in [4.69, 9.17) is 14.2 Å². The Morgan fingerprint density at radius 2 is 1.23 bits per heavy atom. The van der Waals surface area contributed by atoms with Crippen molar-refractivity contribution in [1.82, 2.24) is 0 Å². The average molecular weight is 356 g/mol. The van der Waals surface area contributed by atoms with Gasteiger partial charge in [0.15, 0.2) is 0 Å². The van der Waals surface area contributed by atoms with E-state index in [9.17, 15) is 9.59 Å². The molecule has 2 aromatic carbocycles. The van der Waals surface area contributed by atoms with Crippen molar-refractivity contribution in [3.05, 3.63) is 70.8 Å². The smallest absolute Gasteiger partial charge is 0.337 e. The molecule has 0 aliphatic heterocycles. The molecule has 0 heterocycles. The minimum absolute atomic E-state index is 0.278. The molecule has 5 nitrogen and oxygen atoms in total. The highest BCUT2D eigenvalue weighted by atomic mass is 16.5. The zero-order chi connectivity index (χ0) is 18.9. The maximum atomic E-state index is 11.6. The van der Waals surface area contributed by atoms with Crippen LogP contribution >= 0.6 is 0 Å². The van der Waals surface area contributed by atoms with Gasteiger partial charge in [0.1, 0.15) is 6.10 Å². The summed E-state index contributed by atoms with van der Waals surface area (Å²) < 4.78 is 15.5. The minimum Gasteiger partial charge on any atom is -0.465 e. The lowest BCUT2D eigenvalue weighted by Gasteiger charge is -2.19. The lowest BCUT2D eigenvalue weighted by molar-refractivity contribution is 0.0592. The topological polar surface area (TPSA) is 61.8 Å². The highest BCUT2D eigenvalue weighted by molar-refractivity contribution is 5.89. The summed E-state index contributed by atoms with van der Waals surface area (Å²) in [4.78, 5) is 23.2. The predicted molar refractivity (Wildman–Crippen MR) is 98.3 cm³/mol. The van der Waals surface area contributed by atoms with Crippen LogP contribution in [0.15, 0.2) is 48.5 Å².